The van der Waals surface area contributed by atoms with E-state index in [0.717, 1.165) is 37.9 Å². The Morgan fingerprint density at radius 3 is 2.02 bits per heavy atom. The summed E-state index contributed by atoms with van der Waals surface area (Å²) in [6, 6.07) is 33.1. The maximum atomic E-state index is 13.0. The highest BCUT2D eigenvalue weighted by atomic mass is 35.5. The van der Waals surface area contributed by atoms with Gasteiger partial charge in [-0.25, -0.2) is 0 Å². The van der Waals surface area contributed by atoms with Gasteiger partial charge in [0.25, 0.3) is 0 Å². The van der Waals surface area contributed by atoms with Crippen molar-refractivity contribution in [3.8, 4) is 16.9 Å². The first kappa shape index (κ1) is 28.9. The molecule has 8 heteroatoms. The number of methoxy groups -OCH3 is 1. The molecule has 0 aliphatic rings. The summed E-state index contributed by atoms with van der Waals surface area (Å²) in [7, 11) is 1.59. The summed E-state index contributed by atoms with van der Waals surface area (Å²) < 4.78 is 44.4. The van der Waals surface area contributed by atoms with Crippen LogP contribution >= 0.6 is 35.1 Å². The topological polar surface area (TPSA) is 26.3 Å². The molecule has 5 rings (SSSR count). The van der Waals surface area contributed by atoms with Gasteiger partial charge in [0.2, 0.25) is 0 Å². The highest BCUT2D eigenvalue weighted by Crippen LogP contribution is 2.40. The fraction of sp³-hybridized carbons (Fsp3) is 0.0606. The van der Waals surface area contributed by atoms with Crippen molar-refractivity contribution in [2.75, 3.05) is 7.11 Å². The van der Waals surface area contributed by atoms with E-state index < -0.39 is 11.7 Å². The summed E-state index contributed by atoms with van der Waals surface area (Å²) in [6.07, 6.45) is -4.38. The van der Waals surface area contributed by atoms with Crippen LogP contribution in [0.2, 0.25) is 5.02 Å². The normalized spacial score (nSPS) is 11.3. The van der Waals surface area contributed by atoms with Gasteiger partial charge < -0.3 is 4.74 Å². The molecular weight excluding hydrogens is 585 g/mol. The van der Waals surface area contributed by atoms with Gasteiger partial charge in [0.15, 0.2) is 5.78 Å². The molecule has 0 atom stereocenters. The highest BCUT2D eigenvalue weighted by molar-refractivity contribution is 7.99. The Morgan fingerprint density at radius 2 is 1.37 bits per heavy atom. The second-order valence-corrected chi connectivity index (χ2v) is 11.6. The van der Waals surface area contributed by atoms with Crippen LogP contribution in [-0.4, -0.2) is 12.9 Å². The summed E-state index contributed by atoms with van der Waals surface area (Å²) in [5.74, 6) is 0.538. The van der Waals surface area contributed by atoms with Gasteiger partial charge in [-0.2, -0.15) is 13.2 Å². The van der Waals surface area contributed by atoms with Crippen LogP contribution in [0.25, 0.3) is 11.1 Å². The Kier molecular flexibility index (Phi) is 8.78. The summed E-state index contributed by atoms with van der Waals surface area (Å²) >= 11 is 9.26. The second kappa shape index (κ2) is 12.5. The third-order valence-electron chi connectivity index (χ3n) is 6.22. The van der Waals surface area contributed by atoms with Crippen LogP contribution in [0.3, 0.4) is 0 Å². The highest BCUT2D eigenvalue weighted by Gasteiger charge is 2.30. The van der Waals surface area contributed by atoms with Gasteiger partial charge in [-0.05, 0) is 83.9 Å². The average molecular weight is 607 g/mol. The number of benzene rings is 5. The predicted molar refractivity (Wildman–Crippen MR) is 159 cm³/mol. The van der Waals surface area contributed by atoms with Crippen molar-refractivity contribution in [2.45, 2.75) is 25.8 Å². The van der Waals surface area contributed by atoms with E-state index in [1.54, 1.807) is 31.4 Å². The number of ether oxygens (including phenoxy) is 1. The van der Waals surface area contributed by atoms with Crippen LogP contribution in [0.1, 0.15) is 21.5 Å². The van der Waals surface area contributed by atoms with Gasteiger partial charge in [0.05, 0.1) is 17.7 Å². The van der Waals surface area contributed by atoms with Crippen molar-refractivity contribution < 1.29 is 22.7 Å². The first-order chi connectivity index (χ1) is 19.7. The monoisotopic (exact) mass is 606 g/mol. The minimum Gasteiger partial charge on any atom is -0.497 e. The molecule has 0 bridgehead atoms. The fourth-order valence-corrected chi connectivity index (χ4v) is 6.12. The fourth-order valence-electron chi connectivity index (χ4n) is 4.12. The largest absolute Gasteiger partial charge is 0.497 e. The lowest BCUT2D eigenvalue weighted by Gasteiger charge is -2.13. The number of hydrogen-bond acceptors (Lipinski definition) is 4. The summed E-state index contributed by atoms with van der Waals surface area (Å²) in [5.41, 5.74) is 2.17. The number of ketones is 1. The Balaban J connectivity index is 1.38. The summed E-state index contributed by atoms with van der Waals surface area (Å²) in [4.78, 5) is 16.4. The lowest BCUT2D eigenvalue weighted by molar-refractivity contribution is -0.137. The number of rotatable bonds is 8. The molecule has 0 aromatic heterocycles. The quantitative estimate of drug-likeness (QED) is 0.164. The molecule has 5 aromatic rings. The zero-order valence-corrected chi connectivity index (χ0v) is 24.0. The third kappa shape index (κ3) is 6.99. The Bertz CT molecular complexity index is 1670. The lowest BCUT2D eigenvalue weighted by atomic mass is 10.0. The lowest BCUT2D eigenvalue weighted by Crippen LogP contribution is -2.03. The van der Waals surface area contributed by atoms with Crippen LogP contribution in [0.4, 0.5) is 13.2 Å². The summed E-state index contributed by atoms with van der Waals surface area (Å²) in [6.45, 7) is 0. The molecule has 0 saturated carbocycles. The van der Waals surface area contributed by atoms with Gasteiger partial charge >= 0.3 is 6.18 Å². The van der Waals surface area contributed by atoms with Crippen molar-refractivity contribution in [1.29, 1.82) is 0 Å². The SMILES string of the molecule is COc1ccc(Sc2ccc(C(F)(F)F)cc2)c(-c2ccc(Sc3ccc(Cl)c(C(=O)c4ccccc4)c3)cc2)c1. The average Bonchev–Trinajstić information content (AvgIpc) is 2.99. The maximum Gasteiger partial charge on any atom is 0.416 e. The molecule has 0 radical (unpaired) electrons. The van der Waals surface area contributed by atoms with E-state index in [1.165, 1.54) is 35.7 Å². The second-order valence-electron chi connectivity index (χ2n) is 8.95. The third-order valence-corrected chi connectivity index (χ3v) is 8.63. The van der Waals surface area contributed by atoms with E-state index in [-0.39, 0.29) is 5.78 Å². The van der Waals surface area contributed by atoms with Crippen LogP contribution in [-0.2, 0) is 6.18 Å². The standard InChI is InChI=1S/C33H22ClF3O2S2/c1-39-24-11-18-31(41-26-14-9-23(10-15-26)33(35,36)37)28(19-24)21-7-12-25(13-8-21)40-27-16-17-30(34)29(20-27)32(38)22-5-3-2-4-6-22/h2-20H,1H3. The zero-order chi connectivity index (χ0) is 29.0. The van der Waals surface area contributed by atoms with Gasteiger partial charge in [0, 0.05) is 30.7 Å². The van der Waals surface area contributed by atoms with Crippen molar-refractivity contribution in [1.82, 2.24) is 0 Å². The molecule has 0 N–H and O–H groups in total. The maximum absolute atomic E-state index is 13.0. The molecule has 0 heterocycles. The zero-order valence-electron chi connectivity index (χ0n) is 21.6. The van der Waals surface area contributed by atoms with E-state index in [0.29, 0.717) is 26.8 Å². The number of carbonyl (C=O) groups is 1. The minimum atomic E-state index is -4.38. The molecule has 0 aliphatic carbocycles. The molecule has 0 fully saturated rings. The van der Waals surface area contributed by atoms with Gasteiger partial charge in [0.1, 0.15) is 5.75 Å². The number of alkyl halides is 3. The van der Waals surface area contributed by atoms with Crippen molar-refractivity contribution in [3.63, 3.8) is 0 Å². The Labute approximate surface area is 249 Å². The smallest absolute Gasteiger partial charge is 0.416 e. The van der Waals surface area contributed by atoms with Gasteiger partial charge in [-0.1, -0.05) is 77.6 Å². The van der Waals surface area contributed by atoms with Crippen LogP contribution in [0.5, 0.6) is 5.75 Å². The van der Waals surface area contributed by atoms with E-state index in [1.807, 2.05) is 66.7 Å². The first-order valence-corrected chi connectivity index (χ1v) is 14.4. The van der Waals surface area contributed by atoms with Crippen LogP contribution in [0, 0.1) is 0 Å². The van der Waals surface area contributed by atoms with Gasteiger partial charge in [-0.15, -0.1) is 0 Å². The Hall–Kier alpha value is -3.65. The van der Waals surface area contributed by atoms with Crippen molar-refractivity contribution in [2.24, 2.45) is 0 Å². The van der Waals surface area contributed by atoms with Crippen molar-refractivity contribution in [3.05, 3.63) is 137 Å². The Morgan fingerprint density at radius 1 is 0.732 bits per heavy atom. The number of hydrogen-bond donors (Lipinski definition) is 0. The predicted octanol–water partition coefficient (Wildman–Crippen LogP) is 10.6. The van der Waals surface area contributed by atoms with Gasteiger partial charge in [-0.3, -0.25) is 4.79 Å². The van der Waals surface area contributed by atoms with E-state index in [2.05, 4.69) is 0 Å². The molecule has 0 spiro atoms. The molecule has 5 aromatic carbocycles. The first-order valence-electron chi connectivity index (χ1n) is 12.4. The van der Waals surface area contributed by atoms with E-state index >= 15 is 0 Å². The molecule has 0 aliphatic heterocycles. The molecule has 206 valence electrons. The summed E-state index contributed by atoms with van der Waals surface area (Å²) in [5, 5.41) is 0.398. The molecule has 0 unspecified atom stereocenters. The molecule has 2 nitrogen and oxygen atoms in total. The van der Waals surface area contributed by atoms with E-state index in [4.69, 9.17) is 16.3 Å². The number of carbonyl (C=O) groups excluding carboxylic acids is 1. The molecular formula is C33H22ClF3O2S2. The van der Waals surface area contributed by atoms with Crippen LogP contribution < -0.4 is 4.74 Å². The molecule has 0 saturated heterocycles. The van der Waals surface area contributed by atoms with E-state index in [9.17, 15) is 18.0 Å². The number of halogens is 4. The minimum absolute atomic E-state index is 0.135. The molecule has 41 heavy (non-hydrogen) atoms. The molecule has 0 amide bonds. The van der Waals surface area contributed by atoms with Crippen molar-refractivity contribution >= 4 is 40.9 Å². The van der Waals surface area contributed by atoms with Crippen LogP contribution in [0.15, 0.2) is 135 Å².